The van der Waals surface area contributed by atoms with Gasteiger partial charge in [0, 0.05) is 30.5 Å². The summed E-state index contributed by atoms with van der Waals surface area (Å²) in [5, 5.41) is 14.3. The van der Waals surface area contributed by atoms with E-state index in [4.69, 9.17) is 0 Å². The van der Waals surface area contributed by atoms with Crippen LogP contribution in [0.4, 0.5) is 5.95 Å². The summed E-state index contributed by atoms with van der Waals surface area (Å²) in [4.78, 5) is 13.7. The number of aromatic nitrogens is 6. The Morgan fingerprint density at radius 1 is 0.964 bits per heavy atom. The molecule has 140 valence electrons. The minimum atomic E-state index is 0.442. The van der Waals surface area contributed by atoms with Gasteiger partial charge in [0.1, 0.15) is 6.34 Å². The number of benzene rings is 1. The van der Waals surface area contributed by atoms with Crippen molar-refractivity contribution in [2.45, 2.75) is 0 Å². The fourth-order valence-electron chi connectivity index (χ4n) is 2.91. The molecule has 0 spiro atoms. The van der Waals surface area contributed by atoms with Crippen molar-refractivity contribution in [1.82, 2.24) is 45.4 Å². The molecule has 1 aliphatic heterocycles. The fraction of sp³-hybridized carbons (Fsp3) is 0.118. The van der Waals surface area contributed by atoms with E-state index in [2.05, 4.69) is 47.6 Å². The van der Waals surface area contributed by atoms with Gasteiger partial charge in [-0.2, -0.15) is 25.2 Å². The minimum Gasteiger partial charge on any atom is -0.352 e. The molecular weight excluding hydrogens is 358 g/mol. The number of hydrazone groups is 1. The maximum Gasteiger partial charge on any atom is 0.257 e. The first kappa shape index (κ1) is 16.2. The Morgan fingerprint density at radius 2 is 1.89 bits per heavy atom. The zero-order chi connectivity index (χ0) is 18.8. The van der Waals surface area contributed by atoms with E-state index in [1.54, 1.807) is 23.4 Å². The van der Waals surface area contributed by atoms with Crippen LogP contribution in [0.1, 0.15) is 0 Å². The maximum atomic E-state index is 4.60. The van der Waals surface area contributed by atoms with Gasteiger partial charge in [-0.25, -0.2) is 10.2 Å². The lowest BCUT2D eigenvalue weighted by atomic mass is 10.2. The molecule has 0 fully saturated rings. The third-order valence-corrected chi connectivity index (χ3v) is 4.23. The second-order valence-electron chi connectivity index (χ2n) is 6.04. The van der Waals surface area contributed by atoms with Gasteiger partial charge in [-0.15, -0.1) is 5.53 Å². The smallest absolute Gasteiger partial charge is 0.257 e. The number of hydrazine groups is 2. The topological polar surface area (TPSA) is 113 Å². The summed E-state index contributed by atoms with van der Waals surface area (Å²) < 4.78 is 3.55. The molecule has 0 bridgehead atoms. The molecule has 3 aromatic heterocycles. The van der Waals surface area contributed by atoms with Gasteiger partial charge in [-0.3, -0.25) is 9.58 Å². The van der Waals surface area contributed by atoms with Gasteiger partial charge in [0.25, 0.3) is 5.95 Å². The van der Waals surface area contributed by atoms with Gasteiger partial charge in [0.2, 0.25) is 11.9 Å². The highest BCUT2D eigenvalue weighted by molar-refractivity contribution is 5.81. The minimum absolute atomic E-state index is 0.442. The average Bonchev–Trinajstić information content (AvgIpc) is 3.48. The van der Waals surface area contributed by atoms with E-state index in [9.17, 15) is 0 Å². The Labute approximate surface area is 159 Å². The molecule has 0 amide bonds. The standard InChI is InChI=1S/C17H17N11/c1-2-5-14-13(4-1)6-10-27(14)16-21-15(18-8-11-26-12-19-24-25-26)22-17(23-16)28-9-3-7-20-28/h1-7,9-10,12,24-25H,8,11H2,(H,18,21,22,23). The summed E-state index contributed by atoms with van der Waals surface area (Å²) in [7, 11) is 0. The Balaban J connectivity index is 1.49. The fourth-order valence-corrected chi connectivity index (χ4v) is 2.91. The molecule has 3 N–H and O–H groups in total. The van der Waals surface area contributed by atoms with Crippen LogP contribution in [0.15, 0.2) is 60.1 Å². The van der Waals surface area contributed by atoms with E-state index >= 15 is 0 Å². The number of nitrogens with zero attached hydrogens (tertiary/aromatic N) is 8. The Bertz CT molecular complexity index is 1120. The van der Waals surface area contributed by atoms with Crippen molar-refractivity contribution in [3.05, 3.63) is 55.0 Å². The number of para-hydroxylation sites is 1. The zero-order valence-electron chi connectivity index (χ0n) is 14.8. The van der Waals surface area contributed by atoms with E-state index in [-0.39, 0.29) is 0 Å². The van der Waals surface area contributed by atoms with Crippen LogP contribution in [0.5, 0.6) is 0 Å². The van der Waals surface area contributed by atoms with E-state index in [1.807, 2.05) is 46.1 Å². The number of hydrogen-bond acceptors (Lipinski definition) is 9. The SMILES string of the molecule is C1=NNNN1CCNc1nc(-n2cccn2)nc(-n2ccc3ccccc32)n1. The van der Waals surface area contributed by atoms with E-state index in [0.29, 0.717) is 30.9 Å². The number of nitrogens with one attached hydrogen (secondary N) is 3. The highest BCUT2D eigenvalue weighted by Crippen LogP contribution is 2.19. The van der Waals surface area contributed by atoms with Crippen LogP contribution >= 0.6 is 0 Å². The highest BCUT2D eigenvalue weighted by Gasteiger charge is 2.12. The van der Waals surface area contributed by atoms with Crippen molar-refractivity contribution in [2.24, 2.45) is 5.10 Å². The molecule has 0 aliphatic carbocycles. The van der Waals surface area contributed by atoms with E-state index in [0.717, 1.165) is 10.9 Å². The molecule has 0 saturated carbocycles. The van der Waals surface area contributed by atoms with Crippen molar-refractivity contribution in [1.29, 1.82) is 0 Å². The summed E-state index contributed by atoms with van der Waals surface area (Å²) in [6.45, 7) is 1.27. The van der Waals surface area contributed by atoms with Crippen LogP contribution in [0.3, 0.4) is 0 Å². The molecule has 0 radical (unpaired) electrons. The molecule has 5 rings (SSSR count). The molecule has 11 nitrogen and oxygen atoms in total. The molecule has 4 aromatic rings. The summed E-state index contributed by atoms with van der Waals surface area (Å²) in [5.74, 6) is 1.43. The molecule has 11 heteroatoms. The number of anilines is 1. The van der Waals surface area contributed by atoms with Gasteiger partial charge in [-0.1, -0.05) is 18.2 Å². The number of fused-ring (bicyclic) bond motifs is 1. The third kappa shape index (κ3) is 3.10. The second kappa shape index (κ2) is 6.96. The van der Waals surface area contributed by atoms with Gasteiger partial charge < -0.3 is 5.32 Å². The van der Waals surface area contributed by atoms with Gasteiger partial charge in [0.05, 0.1) is 12.1 Å². The van der Waals surface area contributed by atoms with Crippen LogP contribution in [-0.2, 0) is 0 Å². The van der Waals surface area contributed by atoms with Gasteiger partial charge >= 0.3 is 0 Å². The van der Waals surface area contributed by atoms with Crippen LogP contribution in [0.25, 0.3) is 22.8 Å². The van der Waals surface area contributed by atoms with E-state index < -0.39 is 0 Å². The van der Waals surface area contributed by atoms with Gasteiger partial charge in [-0.05, 0) is 18.2 Å². The molecule has 4 heterocycles. The molecule has 0 saturated heterocycles. The van der Waals surface area contributed by atoms with Crippen LogP contribution in [-0.4, -0.2) is 53.7 Å². The van der Waals surface area contributed by atoms with Crippen molar-refractivity contribution in [2.75, 3.05) is 18.4 Å². The Kier molecular flexibility index (Phi) is 4.03. The maximum absolute atomic E-state index is 4.60. The summed E-state index contributed by atoms with van der Waals surface area (Å²) in [6.07, 6.45) is 7.11. The zero-order valence-corrected chi connectivity index (χ0v) is 14.8. The van der Waals surface area contributed by atoms with Crippen LogP contribution in [0, 0.1) is 0 Å². The lowest BCUT2D eigenvalue weighted by molar-refractivity contribution is 0.310. The Hall–Kier alpha value is -3.99. The monoisotopic (exact) mass is 375 g/mol. The van der Waals surface area contributed by atoms with Crippen LogP contribution < -0.4 is 16.4 Å². The summed E-state index contributed by atoms with van der Waals surface area (Å²) >= 11 is 0. The molecule has 1 aromatic carbocycles. The molecular formula is C17H17N11. The van der Waals surface area contributed by atoms with Crippen molar-refractivity contribution in [3.63, 3.8) is 0 Å². The predicted molar refractivity (Wildman–Crippen MR) is 104 cm³/mol. The average molecular weight is 375 g/mol. The van der Waals surface area contributed by atoms with Crippen LogP contribution in [0.2, 0.25) is 0 Å². The first-order valence-corrected chi connectivity index (χ1v) is 8.74. The first-order valence-electron chi connectivity index (χ1n) is 8.74. The molecule has 1 aliphatic rings. The number of hydrogen-bond donors (Lipinski definition) is 3. The highest BCUT2D eigenvalue weighted by atomic mass is 15.8. The molecule has 0 unspecified atom stereocenters. The summed E-state index contributed by atoms with van der Waals surface area (Å²) in [5.41, 5.74) is 6.56. The molecule has 28 heavy (non-hydrogen) atoms. The number of rotatable bonds is 6. The van der Waals surface area contributed by atoms with Gasteiger partial charge in [0.15, 0.2) is 0 Å². The third-order valence-electron chi connectivity index (χ3n) is 4.23. The summed E-state index contributed by atoms with van der Waals surface area (Å²) in [6, 6.07) is 11.9. The lowest BCUT2D eigenvalue weighted by Gasteiger charge is -2.14. The van der Waals surface area contributed by atoms with Crippen molar-refractivity contribution >= 4 is 23.2 Å². The predicted octanol–water partition coefficient (Wildman–Crippen LogP) is 0.681. The van der Waals surface area contributed by atoms with Crippen molar-refractivity contribution in [3.8, 4) is 11.9 Å². The first-order chi connectivity index (χ1) is 13.9. The largest absolute Gasteiger partial charge is 0.352 e. The lowest BCUT2D eigenvalue weighted by Crippen LogP contribution is -2.40. The van der Waals surface area contributed by atoms with Crippen molar-refractivity contribution < 1.29 is 0 Å². The quantitative estimate of drug-likeness (QED) is 0.451. The second-order valence-corrected chi connectivity index (χ2v) is 6.04. The normalized spacial score (nSPS) is 13.2. The van der Waals surface area contributed by atoms with E-state index in [1.165, 1.54) is 0 Å². The molecule has 0 atom stereocenters. The Morgan fingerprint density at radius 3 is 2.75 bits per heavy atom.